The maximum Gasteiger partial charge on any atom is 0.257 e. The molecule has 1 amide bonds. The zero-order valence-corrected chi connectivity index (χ0v) is 13.4. The number of carbonyl (C=O) groups is 1. The summed E-state index contributed by atoms with van der Waals surface area (Å²) in [4.78, 5) is 17.7. The summed E-state index contributed by atoms with van der Waals surface area (Å²) in [6, 6.07) is 16.6. The highest BCUT2D eigenvalue weighted by Gasteiger charge is 2.12. The molecule has 0 aliphatic rings. The van der Waals surface area contributed by atoms with Crippen LogP contribution >= 0.6 is 22.9 Å². The maximum absolute atomic E-state index is 12.2. The summed E-state index contributed by atoms with van der Waals surface area (Å²) in [5, 5.41) is 4.13. The van der Waals surface area contributed by atoms with Crippen LogP contribution in [0, 0.1) is 6.92 Å². The van der Waals surface area contributed by atoms with Gasteiger partial charge < -0.3 is 0 Å². The van der Waals surface area contributed by atoms with E-state index in [1.807, 2.05) is 49.4 Å². The van der Waals surface area contributed by atoms with Gasteiger partial charge >= 0.3 is 0 Å². The molecule has 0 saturated carbocycles. The summed E-state index contributed by atoms with van der Waals surface area (Å²) in [6.45, 7) is 1.99. The Morgan fingerprint density at radius 2 is 1.77 bits per heavy atom. The van der Waals surface area contributed by atoms with Gasteiger partial charge in [-0.3, -0.25) is 10.1 Å². The van der Waals surface area contributed by atoms with Gasteiger partial charge in [-0.15, -0.1) is 11.3 Å². The Balaban J connectivity index is 1.83. The van der Waals surface area contributed by atoms with Gasteiger partial charge in [-0.1, -0.05) is 41.9 Å². The molecule has 0 aliphatic heterocycles. The van der Waals surface area contributed by atoms with Gasteiger partial charge in [0.25, 0.3) is 5.91 Å². The molecule has 3 nitrogen and oxygen atoms in total. The average Bonchev–Trinajstić information content (AvgIpc) is 2.89. The van der Waals surface area contributed by atoms with Gasteiger partial charge in [0.2, 0.25) is 0 Å². The van der Waals surface area contributed by atoms with E-state index in [-0.39, 0.29) is 5.91 Å². The van der Waals surface area contributed by atoms with Gasteiger partial charge in [0, 0.05) is 21.0 Å². The van der Waals surface area contributed by atoms with Gasteiger partial charge in [-0.05, 0) is 31.2 Å². The molecule has 0 saturated heterocycles. The van der Waals surface area contributed by atoms with E-state index >= 15 is 0 Å². The summed E-state index contributed by atoms with van der Waals surface area (Å²) < 4.78 is 0. The third-order valence-corrected chi connectivity index (χ3v) is 4.31. The Kier molecular flexibility index (Phi) is 4.22. The van der Waals surface area contributed by atoms with Crippen molar-refractivity contribution < 1.29 is 4.79 Å². The molecule has 1 N–H and O–H groups in total. The van der Waals surface area contributed by atoms with E-state index in [2.05, 4.69) is 10.3 Å². The van der Waals surface area contributed by atoms with Crippen molar-refractivity contribution in [2.24, 2.45) is 0 Å². The lowest BCUT2D eigenvalue weighted by molar-refractivity contribution is 0.102. The smallest absolute Gasteiger partial charge is 0.257 e. The van der Waals surface area contributed by atoms with Crippen LogP contribution in [0.1, 0.15) is 15.2 Å². The minimum Gasteiger partial charge on any atom is -0.298 e. The monoisotopic (exact) mass is 328 g/mol. The molecule has 0 spiro atoms. The van der Waals surface area contributed by atoms with Gasteiger partial charge in [-0.25, -0.2) is 4.98 Å². The molecular formula is C17H13ClN2OS. The quantitative estimate of drug-likeness (QED) is 0.733. The second-order valence-corrected chi connectivity index (χ2v) is 6.39. The predicted octanol–water partition coefficient (Wildman–Crippen LogP) is 5.02. The fourth-order valence-corrected chi connectivity index (χ4v) is 3.04. The van der Waals surface area contributed by atoms with Crippen LogP contribution in [0.2, 0.25) is 5.02 Å². The predicted molar refractivity (Wildman–Crippen MR) is 91.7 cm³/mol. The lowest BCUT2D eigenvalue weighted by Gasteiger charge is -2.01. The van der Waals surface area contributed by atoms with E-state index in [1.54, 1.807) is 12.1 Å². The molecule has 0 radical (unpaired) electrons. The zero-order valence-electron chi connectivity index (χ0n) is 11.8. The molecule has 3 aromatic rings. The Morgan fingerprint density at radius 1 is 1.09 bits per heavy atom. The summed E-state index contributed by atoms with van der Waals surface area (Å²) in [5.41, 5.74) is 2.46. The van der Waals surface area contributed by atoms with Crippen LogP contribution in [0.4, 0.5) is 5.13 Å². The largest absolute Gasteiger partial charge is 0.298 e. The number of nitrogens with one attached hydrogen (secondary N) is 1. The molecule has 0 unspecified atom stereocenters. The van der Waals surface area contributed by atoms with Crippen molar-refractivity contribution in [3.63, 3.8) is 0 Å². The van der Waals surface area contributed by atoms with E-state index in [0.29, 0.717) is 15.7 Å². The van der Waals surface area contributed by atoms with Crippen molar-refractivity contribution in [3.8, 4) is 11.3 Å². The molecule has 2 aromatic carbocycles. The molecule has 0 bridgehead atoms. The molecule has 5 heteroatoms. The third-order valence-electron chi connectivity index (χ3n) is 3.17. The molecule has 0 fully saturated rings. The Hall–Kier alpha value is -2.17. The van der Waals surface area contributed by atoms with Gasteiger partial charge in [0.1, 0.15) is 0 Å². The molecule has 1 aromatic heterocycles. The number of benzene rings is 2. The van der Waals surface area contributed by atoms with Crippen molar-refractivity contribution in [2.75, 3.05) is 5.32 Å². The highest BCUT2D eigenvalue weighted by Crippen LogP contribution is 2.31. The molecule has 0 atom stereocenters. The minimum absolute atomic E-state index is 0.156. The van der Waals surface area contributed by atoms with Crippen LogP contribution in [0.25, 0.3) is 11.3 Å². The Bertz CT molecular complexity index is 797. The van der Waals surface area contributed by atoms with Crippen LogP contribution in [0.3, 0.4) is 0 Å². The SMILES string of the molecule is Cc1sc(NC(=O)c2ccccc2)nc1-c1ccc(Cl)cc1. The first-order valence-corrected chi connectivity index (χ1v) is 7.93. The summed E-state index contributed by atoms with van der Waals surface area (Å²) in [7, 11) is 0. The number of aryl methyl sites for hydroxylation is 1. The Labute approximate surface area is 137 Å². The van der Waals surface area contributed by atoms with Crippen molar-refractivity contribution in [1.29, 1.82) is 0 Å². The lowest BCUT2D eigenvalue weighted by atomic mass is 10.1. The average molecular weight is 329 g/mol. The van der Waals surface area contributed by atoms with Crippen molar-refractivity contribution in [1.82, 2.24) is 4.98 Å². The van der Waals surface area contributed by atoms with Crippen LogP contribution in [0.15, 0.2) is 54.6 Å². The number of halogens is 1. The van der Waals surface area contributed by atoms with Crippen molar-refractivity contribution in [3.05, 3.63) is 70.1 Å². The highest BCUT2D eigenvalue weighted by molar-refractivity contribution is 7.16. The molecule has 0 aliphatic carbocycles. The number of anilines is 1. The molecular weight excluding hydrogens is 316 g/mol. The number of rotatable bonds is 3. The van der Waals surface area contributed by atoms with Gasteiger partial charge in [-0.2, -0.15) is 0 Å². The third kappa shape index (κ3) is 3.18. The fraction of sp³-hybridized carbons (Fsp3) is 0.0588. The maximum atomic E-state index is 12.2. The Morgan fingerprint density at radius 3 is 2.45 bits per heavy atom. The van der Waals surface area contributed by atoms with Crippen molar-refractivity contribution >= 4 is 34.0 Å². The zero-order chi connectivity index (χ0) is 15.5. The number of nitrogens with zero attached hydrogens (tertiary/aromatic N) is 1. The van der Waals surface area contributed by atoms with Crippen LogP contribution in [-0.4, -0.2) is 10.9 Å². The molecule has 3 rings (SSSR count). The van der Waals surface area contributed by atoms with E-state index < -0.39 is 0 Å². The second-order valence-electron chi connectivity index (χ2n) is 4.75. The van der Waals surface area contributed by atoms with Gasteiger partial charge in [0.05, 0.1) is 5.69 Å². The van der Waals surface area contributed by atoms with Gasteiger partial charge in [0.15, 0.2) is 5.13 Å². The number of hydrogen-bond acceptors (Lipinski definition) is 3. The molecule has 22 heavy (non-hydrogen) atoms. The van der Waals surface area contributed by atoms with Crippen molar-refractivity contribution in [2.45, 2.75) is 6.92 Å². The summed E-state index contributed by atoms with van der Waals surface area (Å²) >= 11 is 7.37. The number of carbonyl (C=O) groups excluding carboxylic acids is 1. The first-order valence-electron chi connectivity index (χ1n) is 6.73. The second kappa shape index (κ2) is 6.30. The summed E-state index contributed by atoms with van der Waals surface area (Å²) in [5.74, 6) is -0.156. The first kappa shape index (κ1) is 14.8. The first-order chi connectivity index (χ1) is 10.6. The number of amides is 1. The van der Waals surface area contributed by atoms with E-state index in [0.717, 1.165) is 16.1 Å². The van der Waals surface area contributed by atoms with E-state index in [9.17, 15) is 4.79 Å². The van der Waals surface area contributed by atoms with E-state index in [4.69, 9.17) is 11.6 Å². The fourth-order valence-electron chi connectivity index (χ4n) is 2.08. The summed E-state index contributed by atoms with van der Waals surface area (Å²) in [6.07, 6.45) is 0. The standard InChI is InChI=1S/C17H13ClN2OS/c1-11-15(12-7-9-14(18)10-8-12)19-17(22-11)20-16(21)13-5-3-2-4-6-13/h2-10H,1H3,(H,19,20,21). The topological polar surface area (TPSA) is 42.0 Å². The number of hydrogen-bond donors (Lipinski definition) is 1. The molecule has 1 heterocycles. The van der Waals surface area contributed by atoms with Crippen LogP contribution in [-0.2, 0) is 0 Å². The lowest BCUT2D eigenvalue weighted by Crippen LogP contribution is -2.11. The highest BCUT2D eigenvalue weighted by atomic mass is 35.5. The minimum atomic E-state index is -0.156. The molecule has 110 valence electrons. The van der Waals surface area contributed by atoms with E-state index in [1.165, 1.54) is 11.3 Å². The normalized spacial score (nSPS) is 10.5. The van der Waals surface area contributed by atoms with Crippen LogP contribution in [0.5, 0.6) is 0 Å². The number of thiazole rings is 1. The number of aromatic nitrogens is 1. The van der Waals surface area contributed by atoms with Crippen LogP contribution < -0.4 is 5.32 Å².